The summed E-state index contributed by atoms with van der Waals surface area (Å²) in [7, 11) is 0. The Hall–Kier alpha value is -0.576. The fraction of sp³-hybridized carbons (Fsp3) is 0.727. The Kier molecular flexibility index (Phi) is 41.6. The van der Waals surface area contributed by atoms with Crippen LogP contribution in [-0.2, 0) is 21.7 Å². The van der Waals surface area contributed by atoms with Crippen molar-refractivity contribution in [3.8, 4) is 0 Å². The third-order valence-corrected chi connectivity index (χ3v) is 5.57. The molecule has 0 heterocycles. The predicted octanol–water partition coefficient (Wildman–Crippen LogP) is 11.4. The summed E-state index contributed by atoms with van der Waals surface area (Å²) in [5, 5.41) is 15.7. The summed E-state index contributed by atoms with van der Waals surface area (Å²) in [6.07, 6.45) is 15.2. The van der Waals surface area contributed by atoms with Crippen molar-refractivity contribution in [2.75, 3.05) is 39.3 Å². The van der Waals surface area contributed by atoms with Crippen LogP contribution in [0.3, 0.4) is 0 Å². The standard InChI is InChI=1S/C9H7.3C8H18N.Ti/c1-2-5-9-7-3-6-8(9)4-1;3*1-3-5-7-9-8-6-4-2;/h1-7H;3*3-8H2,1-2H3;/q4*-1;+4. The molecule has 0 bridgehead atoms. The minimum absolute atomic E-state index is 0. The molecule has 37 heavy (non-hydrogen) atoms. The van der Waals surface area contributed by atoms with Gasteiger partial charge in [-0.2, -0.15) is 17.5 Å². The van der Waals surface area contributed by atoms with E-state index in [2.05, 4.69) is 100.0 Å². The largest absolute Gasteiger partial charge is 4.00 e. The fourth-order valence-electron chi connectivity index (χ4n) is 3.02. The Bertz CT molecular complexity index is 533. The second-order valence-corrected chi connectivity index (χ2v) is 9.29. The number of hydrogen-bond donors (Lipinski definition) is 0. The third-order valence-electron chi connectivity index (χ3n) is 5.57. The molecule has 2 rings (SSSR count). The van der Waals surface area contributed by atoms with Crippen LogP contribution < -0.4 is 0 Å². The van der Waals surface area contributed by atoms with E-state index in [0.717, 1.165) is 39.3 Å². The van der Waals surface area contributed by atoms with Crippen LogP contribution in [0.1, 0.15) is 119 Å². The molecular weight excluding hydrogens is 486 g/mol. The second kappa shape index (κ2) is 37.6. The van der Waals surface area contributed by atoms with Crippen LogP contribution in [0.2, 0.25) is 0 Å². The summed E-state index contributed by atoms with van der Waals surface area (Å²) in [6.45, 7) is 19.7. The van der Waals surface area contributed by atoms with Crippen LogP contribution in [0.4, 0.5) is 0 Å². The Morgan fingerprint density at radius 2 is 0.811 bits per heavy atom. The minimum Gasteiger partial charge on any atom is -0.662 e. The summed E-state index contributed by atoms with van der Waals surface area (Å²) in [5.41, 5.74) is 0. The van der Waals surface area contributed by atoms with E-state index in [-0.39, 0.29) is 21.7 Å². The zero-order chi connectivity index (χ0) is 27.0. The molecule has 0 amide bonds. The molecule has 0 fully saturated rings. The van der Waals surface area contributed by atoms with Gasteiger partial charge in [-0.25, -0.2) is 0 Å². The topological polar surface area (TPSA) is 42.3 Å². The van der Waals surface area contributed by atoms with Gasteiger partial charge in [-0.1, -0.05) is 125 Å². The van der Waals surface area contributed by atoms with E-state index >= 15 is 0 Å². The van der Waals surface area contributed by atoms with Crippen molar-refractivity contribution < 1.29 is 21.7 Å². The summed E-state index contributed by atoms with van der Waals surface area (Å²) >= 11 is 0. The van der Waals surface area contributed by atoms with Gasteiger partial charge in [0.05, 0.1) is 0 Å². The van der Waals surface area contributed by atoms with Gasteiger partial charge in [0, 0.05) is 0 Å². The van der Waals surface area contributed by atoms with Crippen LogP contribution in [-0.4, -0.2) is 39.3 Å². The average Bonchev–Trinajstić information content (AvgIpc) is 3.39. The SMILES string of the molecule is CCCC[N-]CCCC.CCCC[N-]CCCC.CCCC[N-]CCCC.[Ti+4].c1ccc2[cH-]ccc2c1. The van der Waals surface area contributed by atoms with Gasteiger partial charge in [0.15, 0.2) is 0 Å². The number of unbranched alkanes of at least 4 members (excludes halogenated alkanes) is 6. The molecule has 0 radical (unpaired) electrons. The second-order valence-electron chi connectivity index (χ2n) is 9.29. The first-order valence-corrected chi connectivity index (χ1v) is 15.2. The number of nitrogens with zero attached hydrogens (tertiary/aromatic N) is 3. The molecule has 212 valence electrons. The van der Waals surface area contributed by atoms with E-state index in [9.17, 15) is 0 Å². The van der Waals surface area contributed by atoms with Gasteiger partial charge in [0.1, 0.15) is 0 Å². The number of rotatable bonds is 18. The van der Waals surface area contributed by atoms with Crippen molar-refractivity contribution >= 4 is 10.8 Å². The number of hydrogen-bond acceptors (Lipinski definition) is 0. The van der Waals surface area contributed by atoms with Crippen molar-refractivity contribution in [1.29, 1.82) is 0 Å². The van der Waals surface area contributed by atoms with Crippen LogP contribution >= 0.6 is 0 Å². The normalized spacial score (nSPS) is 9.78. The van der Waals surface area contributed by atoms with Crippen LogP contribution in [0, 0.1) is 0 Å². The average molecular weight is 548 g/mol. The minimum atomic E-state index is 0. The molecule has 2 aromatic rings. The summed E-state index contributed by atoms with van der Waals surface area (Å²) in [6, 6.07) is 14.7. The smallest absolute Gasteiger partial charge is 0.662 e. The van der Waals surface area contributed by atoms with Gasteiger partial charge in [-0.15, -0.1) is 68.9 Å². The predicted molar refractivity (Wildman–Crippen MR) is 168 cm³/mol. The molecule has 0 saturated carbocycles. The molecule has 3 nitrogen and oxygen atoms in total. The zero-order valence-electron chi connectivity index (χ0n) is 25.6. The van der Waals surface area contributed by atoms with Gasteiger partial charge < -0.3 is 16.0 Å². The van der Waals surface area contributed by atoms with Gasteiger partial charge in [-0.05, 0) is 0 Å². The molecule has 0 spiro atoms. The Morgan fingerprint density at radius 3 is 1.11 bits per heavy atom. The van der Waals surface area contributed by atoms with E-state index < -0.39 is 0 Å². The molecule has 0 aliphatic carbocycles. The van der Waals surface area contributed by atoms with Crippen LogP contribution in [0.15, 0.2) is 42.5 Å². The first-order valence-electron chi connectivity index (χ1n) is 15.2. The maximum absolute atomic E-state index is 4.35. The van der Waals surface area contributed by atoms with Gasteiger partial charge in [0.25, 0.3) is 0 Å². The molecular formula is C33H61N3Ti. The molecule has 0 aromatic heterocycles. The molecule has 0 atom stereocenters. The summed E-state index contributed by atoms with van der Waals surface area (Å²) in [5.74, 6) is 0. The monoisotopic (exact) mass is 547 g/mol. The first-order chi connectivity index (χ1) is 17.7. The van der Waals surface area contributed by atoms with E-state index in [1.54, 1.807) is 0 Å². The number of fused-ring (bicyclic) bond motifs is 1. The fourth-order valence-corrected chi connectivity index (χ4v) is 3.02. The van der Waals surface area contributed by atoms with E-state index in [0.29, 0.717) is 0 Å². The van der Waals surface area contributed by atoms with Crippen molar-refractivity contribution in [1.82, 2.24) is 0 Å². The van der Waals surface area contributed by atoms with Gasteiger partial charge in [0.2, 0.25) is 0 Å². The maximum Gasteiger partial charge on any atom is 4.00 e. The van der Waals surface area contributed by atoms with Gasteiger partial charge in [-0.3, -0.25) is 0 Å². The summed E-state index contributed by atoms with van der Waals surface area (Å²) in [4.78, 5) is 0. The number of benzene rings is 1. The van der Waals surface area contributed by atoms with Crippen LogP contribution in [0.25, 0.3) is 26.7 Å². The maximum atomic E-state index is 4.35. The molecule has 4 heteroatoms. The van der Waals surface area contributed by atoms with Crippen molar-refractivity contribution in [3.05, 3.63) is 58.4 Å². The molecule has 2 aromatic carbocycles. The van der Waals surface area contributed by atoms with Crippen LogP contribution in [0.5, 0.6) is 0 Å². The zero-order valence-corrected chi connectivity index (χ0v) is 27.2. The van der Waals surface area contributed by atoms with E-state index in [1.165, 1.54) is 87.8 Å². The molecule has 0 aliphatic rings. The van der Waals surface area contributed by atoms with Crippen molar-refractivity contribution in [2.45, 2.75) is 119 Å². The van der Waals surface area contributed by atoms with E-state index in [4.69, 9.17) is 0 Å². The van der Waals surface area contributed by atoms with E-state index in [1.807, 2.05) is 0 Å². The Morgan fingerprint density at radius 1 is 0.486 bits per heavy atom. The van der Waals surface area contributed by atoms with Crippen molar-refractivity contribution in [2.24, 2.45) is 0 Å². The van der Waals surface area contributed by atoms with Gasteiger partial charge >= 0.3 is 21.7 Å². The molecule has 0 saturated heterocycles. The molecule has 0 aliphatic heterocycles. The molecule has 0 unspecified atom stereocenters. The third kappa shape index (κ3) is 33.4. The Labute approximate surface area is 248 Å². The molecule has 0 N–H and O–H groups in total. The summed E-state index contributed by atoms with van der Waals surface area (Å²) < 4.78 is 0. The Balaban J connectivity index is -0.000000413. The van der Waals surface area contributed by atoms with Crippen molar-refractivity contribution in [3.63, 3.8) is 0 Å². The quantitative estimate of drug-likeness (QED) is 0.101. The first kappa shape index (κ1) is 40.9.